The van der Waals surface area contributed by atoms with E-state index in [0.717, 1.165) is 0 Å². The number of aromatic amines is 1. The van der Waals surface area contributed by atoms with Crippen molar-refractivity contribution in [1.29, 1.82) is 0 Å². The van der Waals surface area contributed by atoms with Gasteiger partial charge in [-0.1, -0.05) is 12.1 Å². The van der Waals surface area contributed by atoms with Gasteiger partial charge in [0.15, 0.2) is 6.10 Å². The molecule has 0 fully saturated rings. The number of ether oxygens (including phenoxy) is 3. The molecule has 0 aliphatic heterocycles. The molecule has 0 bridgehead atoms. The van der Waals surface area contributed by atoms with Crippen molar-refractivity contribution in [2.24, 2.45) is 0 Å². The van der Waals surface area contributed by atoms with Gasteiger partial charge in [-0.3, -0.25) is 4.79 Å². The SMILES string of the molecule is CCOC(=O)c1[nH]c(C)c(C(=O)O[C@@H](C)C(=O)Nc2ccccc2OC)c1C. The molecule has 0 aliphatic rings. The maximum absolute atomic E-state index is 12.6. The molecule has 0 radical (unpaired) electrons. The number of aryl methyl sites for hydroxylation is 1. The number of para-hydroxylation sites is 2. The monoisotopic (exact) mass is 388 g/mol. The molecule has 0 aliphatic carbocycles. The zero-order chi connectivity index (χ0) is 20.8. The van der Waals surface area contributed by atoms with Crippen molar-refractivity contribution in [3.8, 4) is 5.75 Å². The first-order valence-corrected chi connectivity index (χ1v) is 8.81. The Bertz CT molecular complexity index is 887. The number of hydrogen-bond donors (Lipinski definition) is 2. The van der Waals surface area contributed by atoms with Crippen LogP contribution >= 0.6 is 0 Å². The van der Waals surface area contributed by atoms with Gasteiger partial charge in [0.25, 0.3) is 5.91 Å². The lowest BCUT2D eigenvalue weighted by molar-refractivity contribution is -0.123. The van der Waals surface area contributed by atoms with Crippen molar-refractivity contribution in [3.63, 3.8) is 0 Å². The number of esters is 2. The number of hydrogen-bond acceptors (Lipinski definition) is 6. The second-order valence-electron chi connectivity index (χ2n) is 6.08. The van der Waals surface area contributed by atoms with Crippen LogP contribution in [0.5, 0.6) is 5.75 Å². The highest BCUT2D eigenvalue weighted by Gasteiger charge is 2.27. The fraction of sp³-hybridized carbons (Fsp3) is 0.350. The van der Waals surface area contributed by atoms with Gasteiger partial charge in [0.05, 0.1) is 25.0 Å². The summed E-state index contributed by atoms with van der Waals surface area (Å²) in [5.41, 5.74) is 1.75. The average molecular weight is 388 g/mol. The minimum atomic E-state index is -1.06. The molecule has 8 nitrogen and oxygen atoms in total. The van der Waals surface area contributed by atoms with Gasteiger partial charge in [-0.15, -0.1) is 0 Å². The molecule has 1 atom stereocenters. The maximum atomic E-state index is 12.6. The van der Waals surface area contributed by atoms with Crippen LogP contribution in [0.3, 0.4) is 0 Å². The first-order chi connectivity index (χ1) is 13.3. The lowest BCUT2D eigenvalue weighted by Crippen LogP contribution is -2.30. The molecule has 0 saturated carbocycles. The predicted molar refractivity (Wildman–Crippen MR) is 103 cm³/mol. The predicted octanol–water partition coefficient (Wildman–Crippen LogP) is 3.00. The Kier molecular flexibility index (Phi) is 6.81. The van der Waals surface area contributed by atoms with Crippen LogP contribution in [0.25, 0.3) is 0 Å². The van der Waals surface area contributed by atoms with E-state index in [0.29, 0.717) is 22.7 Å². The van der Waals surface area contributed by atoms with Gasteiger partial charge in [-0.25, -0.2) is 9.59 Å². The lowest BCUT2D eigenvalue weighted by atomic mass is 10.1. The molecular weight excluding hydrogens is 364 g/mol. The van der Waals surface area contributed by atoms with Crippen molar-refractivity contribution in [1.82, 2.24) is 4.98 Å². The van der Waals surface area contributed by atoms with E-state index in [2.05, 4.69) is 10.3 Å². The van der Waals surface area contributed by atoms with Crippen LogP contribution in [0, 0.1) is 13.8 Å². The van der Waals surface area contributed by atoms with E-state index in [1.54, 1.807) is 45.0 Å². The van der Waals surface area contributed by atoms with E-state index >= 15 is 0 Å². The summed E-state index contributed by atoms with van der Waals surface area (Å²) in [6.45, 7) is 6.64. The normalized spacial score (nSPS) is 11.5. The molecule has 8 heteroatoms. The Hall–Kier alpha value is -3.29. The Morgan fingerprint density at radius 2 is 1.82 bits per heavy atom. The zero-order valence-electron chi connectivity index (χ0n) is 16.5. The van der Waals surface area contributed by atoms with Crippen LogP contribution < -0.4 is 10.1 Å². The van der Waals surface area contributed by atoms with Gasteiger partial charge in [0.1, 0.15) is 11.4 Å². The number of benzene rings is 1. The summed E-state index contributed by atoms with van der Waals surface area (Å²) >= 11 is 0. The highest BCUT2D eigenvalue weighted by Crippen LogP contribution is 2.24. The van der Waals surface area contributed by atoms with Gasteiger partial charge in [0, 0.05) is 5.69 Å². The number of methoxy groups -OCH3 is 1. The van der Waals surface area contributed by atoms with Crippen molar-refractivity contribution < 1.29 is 28.6 Å². The quantitative estimate of drug-likeness (QED) is 0.706. The van der Waals surface area contributed by atoms with Gasteiger partial charge < -0.3 is 24.5 Å². The van der Waals surface area contributed by atoms with Crippen LogP contribution in [-0.2, 0) is 14.3 Å². The van der Waals surface area contributed by atoms with Gasteiger partial charge in [0.2, 0.25) is 0 Å². The van der Waals surface area contributed by atoms with Gasteiger partial charge in [-0.05, 0) is 45.4 Å². The number of carbonyl (C=O) groups is 3. The number of amides is 1. The summed E-state index contributed by atoms with van der Waals surface area (Å²) in [6, 6.07) is 6.90. The number of nitrogens with one attached hydrogen (secondary N) is 2. The number of H-pyrrole nitrogens is 1. The Morgan fingerprint density at radius 3 is 2.46 bits per heavy atom. The summed E-state index contributed by atoms with van der Waals surface area (Å²) in [7, 11) is 1.49. The third-order valence-electron chi connectivity index (χ3n) is 4.14. The van der Waals surface area contributed by atoms with Crippen LogP contribution in [0.2, 0.25) is 0 Å². The molecule has 1 aromatic carbocycles. The minimum Gasteiger partial charge on any atom is -0.495 e. The maximum Gasteiger partial charge on any atom is 0.355 e. The summed E-state index contributed by atoms with van der Waals surface area (Å²) in [4.78, 5) is 39.8. The van der Waals surface area contributed by atoms with Crippen LogP contribution in [0.15, 0.2) is 24.3 Å². The molecule has 150 valence electrons. The smallest absolute Gasteiger partial charge is 0.355 e. The first-order valence-electron chi connectivity index (χ1n) is 8.81. The average Bonchev–Trinajstić information content (AvgIpc) is 2.96. The molecule has 1 heterocycles. The molecule has 2 N–H and O–H groups in total. The number of rotatable bonds is 7. The summed E-state index contributed by atoms with van der Waals surface area (Å²) < 4.78 is 15.4. The third kappa shape index (κ3) is 4.51. The summed E-state index contributed by atoms with van der Waals surface area (Å²) in [5, 5.41) is 2.66. The van der Waals surface area contributed by atoms with Crippen molar-refractivity contribution in [3.05, 3.63) is 46.8 Å². The molecular formula is C20H24N2O6. The lowest BCUT2D eigenvalue weighted by Gasteiger charge is -2.15. The molecule has 1 aromatic heterocycles. The fourth-order valence-electron chi connectivity index (χ4n) is 2.72. The number of carbonyl (C=O) groups excluding carboxylic acids is 3. The van der Waals surface area contributed by atoms with E-state index in [1.807, 2.05) is 0 Å². The highest BCUT2D eigenvalue weighted by atomic mass is 16.5. The van der Waals surface area contributed by atoms with Crippen LogP contribution in [0.1, 0.15) is 46.0 Å². The van der Waals surface area contributed by atoms with Crippen molar-refractivity contribution in [2.75, 3.05) is 19.0 Å². The minimum absolute atomic E-state index is 0.192. The second kappa shape index (κ2) is 9.07. The molecule has 0 saturated heterocycles. The molecule has 0 spiro atoms. The molecule has 0 unspecified atom stereocenters. The topological polar surface area (TPSA) is 107 Å². The molecule has 28 heavy (non-hydrogen) atoms. The third-order valence-corrected chi connectivity index (χ3v) is 4.14. The standard InChI is InChI=1S/C20H24N2O6/c1-6-27-20(25)17-11(2)16(12(3)21-17)19(24)28-13(4)18(23)22-14-9-7-8-10-15(14)26-5/h7-10,13,21H,6H2,1-5H3,(H,22,23)/t13-/m0/s1. The van der Waals surface area contributed by atoms with Gasteiger partial charge >= 0.3 is 11.9 Å². The Labute approximate surface area is 163 Å². The van der Waals surface area contributed by atoms with Gasteiger partial charge in [-0.2, -0.15) is 0 Å². The van der Waals surface area contributed by atoms with E-state index in [1.165, 1.54) is 14.0 Å². The van der Waals surface area contributed by atoms with Crippen LogP contribution in [-0.4, -0.2) is 42.7 Å². The number of anilines is 1. The zero-order valence-corrected chi connectivity index (χ0v) is 16.5. The van der Waals surface area contributed by atoms with E-state index in [4.69, 9.17) is 14.2 Å². The number of aromatic nitrogens is 1. The fourth-order valence-corrected chi connectivity index (χ4v) is 2.72. The largest absolute Gasteiger partial charge is 0.495 e. The summed E-state index contributed by atoms with van der Waals surface area (Å²) in [5.74, 6) is -1.27. The Balaban J connectivity index is 2.12. The van der Waals surface area contributed by atoms with E-state index < -0.39 is 23.9 Å². The molecule has 2 rings (SSSR count). The van der Waals surface area contributed by atoms with Crippen molar-refractivity contribution >= 4 is 23.5 Å². The van der Waals surface area contributed by atoms with E-state index in [9.17, 15) is 14.4 Å². The summed E-state index contributed by atoms with van der Waals surface area (Å²) in [6.07, 6.45) is -1.06. The highest BCUT2D eigenvalue weighted by molar-refractivity contribution is 6.01. The molecule has 2 aromatic rings. The van der Waals surface area contributed by atoms with E-state index in [-0.39, 0.29) is 17.9 Å². The Morgan fingerprint density at radius 1 is 1.14 bits per heavy atom. The first kappa shape index (κ1) is 21.0. The van der Waals surface area contributed by atoms with Crippen molar-refractivity contribution in [2.45, 2.75) is 33.8 Å². The van der Waals surface area contributed by atoms with Crippen LogP contribution in [0.4, 0.5) is 5.69 Å². The second-order valence-corrected chi connectivity index (χ2v) is 6.08. The molecule has 1 amide bonds.